The molecule has 0 bridgehead atoms. The van der Waals surface area contributed by atoms with Gasteiger partial charge < -0.3 is 0 Å². The SMILES string of the molecule is CC.CC.CC.O=NC(=O)C(Cc1ccccc1)NSC1C=NC(N2CCC(CCCCCCC3CCN(Sc4cc(Br)c(Cl)s4)CC3)CC2)C(Br)C1. The van der Waals surface area contributed by atoms with Gasteiger partial charge in [-0.2, -0.15) is 0 Å². The van der Waals surface area contributed by atoms with Gasteiger partial charge in [0.05, 0.1) is 14.3 Å². The molecule has 13 heteroatoms. The van der Waals surface area contributed by atoms with Crippen LogP contribution in [0.5, 0.6) is 0 Å². The molecule has 7 nitrogen and oxygen atoms in total. The fraction of sp³-hybridized carbons (Fsp3) is 0.700. The minimum Gasteiger partial charge on any atom is -0.281 e. The van der Waals surface area contributed by atoms with E-state index in [0.717, 1.165) is 45.7 Å². The topological polar surface area (TPSA) is 77.4 Å². The Morgan fingerprint density at radius 1 is 0.962 bits per heavy atom. The second-order valence-corrected chi connectivity index (χ2v) is 19.2. The number of nitrogens with zero attached hydrogens (tertiary/aromatic N) is 4. The number of carbonyl (C=O) groups excluding carboxylic acids is 1. The number of nitroso groups, excluding NO2 is 1. The lowest BCUT2D eigenvalue weighted by Crippen LogP contribution is -2.47. The van der Waals surface area contributed by atoms with Crippen molar-refractivity contribution >= 4 is 90.8 Å². The van der Waals surface area contributed by atoms with E-state index in [-0.39, 0.29) is 16.2 Å². The monoisotopic (exact) mass is 935 g/mol. The first kappa shape index (κ1) is 48.8. The number of thiophene rings is 1. The number of hydrogen-bond donors (Lipinski definition) is 1. The van der Waals surface area contributed by atoms with Crippen molar-refractivity contribution in [1.29, 1.82) is 0 Å². The number of likely N-dealkylation sites (tertiary alicyclic amines) is 1. The van der Waals surface area contributed by atoms with Crippen LogP contribution in [0.3, 0.4) is 0 Å². The van der Waals surface area contributed by atoms with Gasteiger partial charge in [0.15, 0.2) is 0 Å². The zero-order chi connectivity index (χ0) is 39.0. The van der Waals surface area contributed by atoms with Crippen LogP contribution in [0.15, 0.2) is 55.2 Å². The number of carbonyl (C=O) groups is 1. The maximum absolute atomic E-state index is 12.2. The molecule has 2 fully saturated rings. The number of rotatable bonds is 16. The Kier molecular flexibility index (Phi) is 26.7. The number of aliphatic imine (C=N–C) groups is 1. The Bertz CT molecular complexity index is 1270. The highest BCUT2D eigenvalue weighted by Gasteiger charge is 2.33. The molecule has 0 radical (unpaired) electrons. The molecule has 3 aliphatic heterocycles. The number of alkyl halides is 1. The number of unbranched alkanes of at least 4 members (excludes halogenated alkanes) is 3. The summed E-state index contributed by atoms with van der Waals surface area (Å²) in [5, 5.41) is 2.81. The largest absolute Gasteiger partial charge is 0.304 e. The van der Waals surface area contributed by atoms with Gasteiger partial charge in [-0.3, -0.25) is 19.4 Å². The molecule has 53 heavy (non-hydrogen) atoms. The van der Waals surface area contributed by atoms with Gasteiger partial charge in [0.1, 0.15) is 16.5 Å². The second-order valence-electron chi connectivity index (χ2n) is 13.0. The lowest BCUT2D eigenvalue weighted by atomic mass is 9.89. The molecule has 2 aromatic rings. The van der Waals surface area contributed by atoms with Crippen molar-refractivity contribution in [3.63, 3.8) is 0 Å². The molecule has 5 rings (SSSR count). The lowest BCUT2D eigenvalue weighted by molar-refractivity contribution is -0.119. The number of benzene rings is 1. The molecule has 1 N–H and O–H groups in total. The van der Waals surface area contributed by atoms with Crippen LogP contribution in [0.1, 0.15) is 118 Å². The van der Waals surface area contributed by atoms with E-state index in [2.05, 4.69) is 57.0 Å². The number of amides is 1. The van der Waals surface area contributed by atoms with E-state index >= 15 is 0 Å². The highest BCUT2D eigenvalue weighted by Crippen LogP contribution is 2.40. The van der Waals surface area contributed by atoms with Crippen molar-refractivity contribution in [1.82, 2.24) is 13.9 Å². The smallest absolute Gasteiger partial charge is 0.281 e. The molecule has 2 saturated heterocycles. The molecule has 1 aromatic heterocycles. The van der Waals surface area contributed by atoms with E-state index in [1.165, 1.54) is 93.5 Å². The van der Waals surface area contributed by atoms with E-state index < -0.39 is 11.9 Å². The van der Waals surface area contributed by atoms with Gasteiger partial charge in [-0.25, -0.2) is 4.31 Å². The van der Waals surface area contributed by atoms with Gasteiger partial charge in [0, 0.05) is 42.0 Å². The highest BCUT2D eigenvalue weighted by atomic mass is 79.9. The van der Waals surface area contributed by atoms with Crippen LogP contribution in [0.25, 0.3) is 0 Å². The summed E-state index contributed by atoms with van der Waals surface area (Å²) in [6.07, 6.45) is 16.9. The molecule has 4 atom stereocenters. The fourth-order valence-electron chi connectivity index (χ4n) is 6.86. The molecule has 4 unspecified atom stereocenters. The molecule has 1 amide bonds. The Hall–Kier alpha value is -0.310. The van der Waals surface area contributed by atoms with Gasteiger partial charge in [-0.15, -0.1) is 16.2 Å². The van der Waals surface area contributed by atoms with Crippen molar-refractivity contribution in [3.8, 4) is 0 Å². The molecule has 300 valence electrons. The molecule has 4 heterocycles. The summed E-state index contributed by atoms with van der Waals surface area (Å²) >= 11 is 18.6. The van der Waals surface area contributed by atoms with Crippen molar-refractivity contribution in [3.05, 3.63) is 55.7 Å². The number of piperidine rings is 2. The van der Waals surface area contributed by atoms with Crippen LogP contribution >= 0.6 is 78.7 Å². The van der Waals surface area contributed by atoms with E-state index in [1.807, 2.05) is 90.0 Å². The maximum Gasteiger partial charge on any atom is 0.304 e. The Balaban J connectivity index is 0.00000154. The standard InChI is InChI=1S/C34H46Br2ClN5O2S3.3C2H6/c35-28-22-31(45-32(28)37)47-42-18-14-25(15-19-42)9-5-2-1-4-8-24-12-16-41(17-13-24)33-29(36)21-27(23-38-33)46-40-30(34(43)39-44)20-26-10-6-3-7-11-26;3*1-2/h3,6-7,10-11,22-25,27,29-30,33,40H,1-2,4-5,8-9,12-21H2;3*1-2H3. The zero-order valence-electron chi connectivity index (χ0n) is 32.8. The minimum atomic E-state index is -0.665. The van der Waals surface area contributed by atoms with Crippen LogP contribution in [0, 0.1) is 16.7 Å². The molecule has 0 saturated carbocycles. The zero-order valence-corrected chi connectivity index (χ0v) is 39.2. The van der Waals surface area contributed by atoms with E-state index in [0.29, 0.717) is 6.42 Å². The molecular weight excluding hydrogens is 874 g/mol. The van der Waals surface area contributed by atoms with Gasteiger partial charge >= 0.3 is 5.91 Å². The molecular formula is C40H64Br2ClN5O2S3. The van der Waals surface area contributed by atoms with Gasteiger partial charge in [0.2, 0.25) is 0 Å². The summed E-state index contributed by atoms with van der Waals surface area (Å²) in [5.74, 6) is 1.06. The first-order chi connectivity index (χ1) is 25.9. The fourth-order valence-corrected chi connectivity index (χ4v) is 12.2. The van der Waals surface area contributed by atoms with Gasteiger partial charge in [-0.05, 0) is 89.9 Å². The summed E-state index contributed by atoms with van der Waals surface area (Å²) in [5.41, 5.74) is 0.995. The summed E-state index contributed by atoms with van der Waals surface area (Å²) in [4.78, 5) is 30.9. The average molecular weight is 938 g/mol. The van der Waals surface area contributed by atoms with E-state index in [4.69, 9.17) is 16.6 Å². The van der Waals surface area contributed by atoms with Crippen LogP contribution in [0.2, 0.25) is 4.34 Å². The second kappa shape index (κ2) is 29.0. The van der Waals surface area contributed by atoms with E-state index in [9.17, 15) is 9.70 Å². The van der Waals surface area contributed by atoms with Crippen LogP contribution in [-0.4, -0.2) is 69.8 Å². The minimum absolute atomic E-state index is 0.122. The number of halogens is 3. The number of nitrogens with one attached hydrogen (secondary N) is 1. The first-order valence-corrected chi connectivity index (χ1v) is 24.5. The molecule has 0 aliphatic carbocycles. The highest BCUT2D eigenvalue weighted by molar-refractivity contribution is 9.10. The molecule has 0 spiro atoms. The Morgan fingerprint density at radius 3 is 2.08 bits per heavy atom. The van der Waals surface area contributed by atoms with Crippen LogP contribution in [-0.2, 0) is 11.2 Å². The third-order valence-electron chi connectivity index (χ3n) is 9.63. The summed E-state index contributed by atoms with van der Waals surface area (Å²) in [6.45, 7) is 16.6. The van der Waals surface area contributed by atoms with E-state index in [1.54, 1.807) is 11.3 Å². The Morgan fingerprint density at radius 2 is 1.55 bits per heavy atom. The van der Waals surface area contributed by atoms with Gasteiger partial charge in [-0.1, -0.05) is 150 Å². The molecule has 1 aromatic carbocycles. The van der Waals surface area contributed by atoms with Crippen LogP contribution < -0.4 is 4.72 Å². The van der Waals surface area contributed by atoms with Crippen molar-refractivity contribution in [2.75, 3.05) is 26.2 Å². The maximum atomic E-state index is 12.2. The molecule has 3 aliphatic rings. The lowest BCUT2D eigenvalue weighted by Gasteiger charge is -2.40. The van der Waals surface area contributed by atoms with Crippen molar-refractivity contribution < 1.29 is 4.79 Å². The van der Waals surface area contributed by atoms with Crippen molar-refractivity contribution in [2.45, 2.75) is 145 Å². The normalized spacial score (nSPS) is 21.6. The summed E-state index contributed by atoms with van der Waals surface area (Å²) in [7, 11) is 0. The quantitative estimate of drug-likeness (QED) is 0.0777. The third-order valence-corrected chi connectivity index (χ3v) is 15.2. The van der Waals surface area contributed by atoms with Crippen LogP contribution in [0.4, 0.5) is 0 Å². The summed E-state index contributed by atoms with van der Waals surface area (Å²) in [6, 6.07) is 11.2. The average Bonchev–Trinajstić information content (AvgIpc) is 3.53. The predicted octanol–water partition coefficient (Wildman–Crippen LogP) is 13.1. The third kappa shape index (κ3) is 17.8. The number of hydrogen-bond acceptors (Lipinski definition) is 9. The van der Waals surface area contributed by atoms with Gasteiger partial charge in [0.25, 0.3) is 0 Å². The van der Waals surface area contributed by atoms with Crippen molar-refractivity contribution in [2.24, 2.45) is 22.0 Å². The summed E-state index contributed by atoms with van der Waals surface area (Å²) < 4.78 is 8.84. The predicted molar refractivity (Wildman–Crippen MR) is 242 cm³/mol. The first-order valence-electron chi connectivity index (χ1n) is 20.0. The Labute approximate surface area is 355 Å².